The molecule has 1 N–H and O–H groups in total. The second-order valence-electron chi connectivity index (χ2n) is 7.55. The van der Waals surface area contributed by atoms with Gasteiger partial charge in [0.15, 0.2) is 0 Å². The summed E-state index contributed by atoms with van der Waals surface area (Å²) in [4.78, 5) is 14.2. The Balaban J connectivity index is 1.80. The van der Waals surface area contributed by atoms with Gasteiger partial charge in [-0.2, -0.15) is 4.98 Å². The second kappa shape index (κ2) is 8.99. The van der Waals surface area contributed by atoms with Gasteiger partial charge in [0.2, 0.25) is 5.95 Å². The molecule has 1 aromatic carbocycles. The van der Waals surface area contributed by atoms with Crippen LogP contribution in [-0.2, 0) is 0 Å². The average molecular weight is 354 g/mol. The molecule has 2 heterocycles. The van der Waals surface area contributed by atoms with Crippen LogP contribution in [0.2, 0.25) is 0 Å². The van der Waals surface area contributed by atoms with Crippen molar-refractivity contribution >= 4 is 11.8 Å². The van der Waals surface area contributed by atoms with E-state index in [2.05, 4.69) is 66.5 Å². The van der Waals surface area contributed by atoms with Crippen molar-refractivity contribution in [3.8, 4) is 11.3 Å². The van der Waals surface area contributed by atoms with Gasteiger partial charge in [-0.25, -0.2) is 4.98 Å². The average Bonchev–Trinajstić information content (AvgIpc) is 2.66. The van der Waals surface area contributed by atoms with Gasteiger partial charge in [-0.15, -0.1) is 0 Å². The van der Waals surface area contributed by atoms with Gasteiger partial charge in [0.1, 0.15) is 5.82 Å². The van der Waals surface area contributed by atoms with E-state index in [9.17, 15) is 0 Å². The Bertz CT molecular complexity index is 678. The fraction of sp³-hybridized carbons (Fsp3) is 0.524. The van der Waals surface area contributed by atoms with Gasteiger partial charge in [0, 0.05) is 31.3 Å². The summed E-state index contributed by atoms with van der Waals surface area (Å²) < 4.78 is 0. The van der Waals surface area contributed by atoms with Crippen LogP contribution in [0.25, 0.3) is 11.3 Å². The van der Waals surface area contributed by atoms with Crippen LogP contribution in [-0.4, -0.2) is 55.1 Å². The molecular formula is C21H31N5. The third-order valence-corrected chi connectivity index (χ3v) is 4.96. The zero-order valence-electron chi connectivity index (χ0n) is 16.3. The smallest absolute Gasteiger partial charge is 0.225 e. The summed E-state index contributed by atoms with van der Waals surface area (Å²) in [5.74, 6) is 2.59. The summed E-state index contributed by atoms with van der Waals surface area (Å²) in [7, 11) is 4.20. The van der Waals surface area contributed by atoms with Crippen molar-refractivity contribution in [1.29, 1.82) is 0 Å². The van der Waals surface area contributed by atoms with Crippen LogP contribution in [0, 0.1) is 5.92 Å². The van der Waals surface area contributed by atoms with Crippen LogP contribution in [0.5, 0.6) is 0 Å². The van der Waals surface area contributed by atoms with Crippen molar-refractivity contribution < 1.29 is 0 Å². The lowest BCUT2D eigenvalue weighted by Gasteiger charge is -2.31. The maximum absolute atomic E-state index is 4.81. The Morgan fingerprint density at radius 1 is 1.12 bits per heavy atom. The molecule has 0 atom stereocenters. The molecule has 1 aliphatic heterocycles. The molecule has 26 heavy (non-hydrogen) atoms. The van der Waals surface area contributed by atoms with E-state index in [0.717, 1.165) is 61.5 Å². The third kappa shape index (κ3) is 5.18. The molecular weight excluding hydrogens is 322 g/mol. The highest BCUT2D eigenvalue weighted by molar-refractivity contribution is 5.64. The molecule has 0 radical (unpaired) electrons. The molecule has 2 aromatic rings. The number of piperidine rings is 1. The highest BCUT2D eigenvalue weighted by atomic mass is 15.2. The SMILES string of the molecule is CC1CCN(c2cc(-c3ccccc3)nc(NCCCN(C)C)n2)CC1. The predicted molar refractivity (Wildman–Crippen MR) is 110 cm³/mol. The Labute approximate surface area is 157 Å². The number of rotatable bonds is 7. The summed E-state index contributed by atoms with van der Waals surface area (Å²) >= 11 is 0. The van der Waals surface area contributed by atoms with E-state index in [1.165, 1.54) is 12.8 Å². The van der Waals surface area contributed by atoms with Crippen molar-refractivity contribution in [2.45, 2.75) is 26.2 Å². The molecule has 3 rings (SSSR count). The molecule has 1 fully saturated rings. The molecule has 1 saturated heterocycles. The summed E-state index contributed by atoms with van der Waals surface area (Å²) in [5, 5.41) is 3.42. The van der Waals surface area contributed by atoms with Crippen LogP contribution in [0.1, 0.15) is 26.2 Å². The second-order valence-corrected chi connectivity index (χ2v) is 7.55. The van der Waals surface area contributed by atoms with Crippen LogP contribution in [0.4, 0.5) is 11.8 Å². The van der Waals surface area contributed by atoms with E-state index >= 15 is 0 Å². The minimum absolute atomic E-state index is 0.735. The predicted octanol–water partition coefficient (Wildman–Crippen LogP) is 3.74. The van der Waals surface area contributed by atoms with E-state index in [-0.39, 0.29) is 0 Å². The van der Waals surface area contributed by atoms with Crippen LogP contribution in [0.15, 0.2) is 36.4 Å². The summed E-state index contributed by atoms with van der Waals surface area (Å²) in [5.41, 5.74) is 2.13. The molecule has 0 saturated carbocycles. The molecule has 5 nitrogen and oxygen atoms in total. The highest BCUT2D eigenvalue weighted by Crippen LogP contribution is 2.26. The van der Waals surface area contributed by atoms with Gasteiger partial charge in [-0.05, 0) is 45.8 Å². The molecule has 1 aliphatic rings. The van der Waals surface area contributed by atoms with E-state index in [0.29, 0.717) is 0 Å². The van der Waals surface area contributed by atoms with Crippen molar-refractivity contribution in [2.24, 2.45) is 5.92 Å². The number of nitrogens with one attached hydrogen (secondary N) is 1. The molecule has 0 unspecified atom stereocenters. The Morgan fingerprint density at radius 2 is 1.85 bits per heavy atom. The highest BCUT2D eigenvalue weighted by Gasteiger charge is 2.18. The van der Waals surface area contributed by atoms with Crippen molar-refractivity contribution in [3.05, 3.63) is 36.4 Å². The molecule has 140 valence electrons. The van der Waals surface area contributed by atoms with E-state index < -0.39 is 0 Å². The zero-order valence-corrected chi connectivity index (χ0v) is 16.3. The fourth-order valence-electron chi connectivity index (χ4n) is 3.27. The van der Waals surface area contributed by atoms with Crippen LogP contribution in [0.3, 0.4) is 0 Å². The summed E-state index contributed by atoms with van der Waals surface area (Å²) in [6, 6.07) is 12.5. The number of hydrogen-bond acceptors (Lipinski definition) is 5. The number of aromatic nitrogens is 2. The van der Waals surface area contributed by atoms with E-state index in [4.69, 9.17) is 9.97 Å². The van der Waals surface area contributed by atoms with Crippen molar-refractivity contribution in [1.82, 2.24) is 14.9 Å². The summed E-state index contributed by atoms with van der Waals surface area (Å²) in [6.45, 7) is 6.43. The molecule has 0 bridgehead atoms. The number of benzene rings is 1. The van der Waals surface area contributed by atoms with Gasteiger partial charge < -0.3 is 15.1 Å². The van der Waals surface area contributed by atoms with Crippen LogP contribution >= 0.6 is 0 Å². The molecule has 0 amide bonds. The maximum Gasteiger partial charge on any atom is 0.225 e. The van der Waals surface area contributed by atoms with Gasteiger partial charge in [0.05, 0.1) is 5.69 Å². The quantitative estimate of drug-likeness (QED) is 0.768. The third-order valence-electron chi connectivity index (χ3n) is 4.96. The standard InChI is InChI=1S/C21H31N5/c1-17-10-14-26(15-11-17)20-16-19(18-8-5-4-6-9-18)23-21(24-20)22-12-7-13-25(2)3/h4-6,8-9,16-17H,7,10-15H2,1-3H3,(H,22,23,24). The molecule has 1 aromatic heterocycles. The Morgan fingerprint density at radius 3 is 2.54 bits per heavy atom. The topological polar surface area (TPSA) is 44.3 Å². The monoisotopic (exact) mass is 353 g/mol. The van der Waals surface area contributed by atoms with Gasteiger partial charge in [-0.1, -0.05) is 37.3 Å². The lowest BCUT2D eigenvalue weighted by atomic mass is 9.99. The van der Waals surface area contributed by atoms with Crippen LogP contribution < -0.4 is 10.2 Å². The molecule has 0 spiro atoms. The first-order valence-electron chi connectivity index (χ1n) is 9.70. The van der Waals surface area contributed by atoms with Gasteiger partial charge in [0.25, 0.3) is 0 Å². The first-order valence-corrected chi connectivity index (χ1v) is 9.70. The Hall–Kier alpha value is -2.14. The maximum atomic E-state index is 4.81. The van der Waals surface area contributed by atoms with Gasteiger partial charge >= 0.3 is 0 Å². The Kier molecular flexibility index (Phi) is 6.45. The normalized spacial score (nSPS) is 15.5. The zero-order chi connectivity index (χ0) is 18.4. The lowest BCUT2D eigenvalue weighted by molar-refractivity contribution is 0.405. The molecule has 0 aliphatic carbocycles. The van der Waals surface area contributed by atoms with E-state index in [1.807, 2.05) is 6.07 Å². The van der Waals surface area contributed by atoms with Crippen molar-refractivity contribution in [3.63, 3.8) is 0 Å². The fourth-order valence-corrected chi connectivity index (χ4v) is 3.27. The minimum Gasteiger partial charge on any atom is -0.356 e. The van der Waals surface area contributed by atoms with Crippen molar-refractivity contribution in [2.75, 3.05) is 50.5 Å². The number of hydrogen-bond donors (Lipinski definition) is 1. The minimum atomic E-state index is 0.735. The number of nitrogens with zero attached hydrogens (tertiary/aromatic N) is 4. The van der Waals surface area contributed by atoms with E-state index in [1.54, 1.807) is 0 Å². The lowest BCUT2D eigenvalue weighted by Crippen LogP contribution is -2.33. The number of anilines is 2. The first-order chi connectivity index (χ1) is 12.6. The van der Waals surface area contributed by atoms with Gasteiger partial charge in [-0.3, -0.25) is 0 Å². The summed E-state index contributed by atoms with van der Waals surface area (Å²) in [6.07, 6.45) is 3.54. The first kappa shape index (κ1) is 18.6. The molecule has 5 heteroatoms. The largest absolute Gasteiger partial charge is 0.356 e.